The highest BCUT2D eigenvalue weighted by Gasteiger charge is 2.53. The predicted molar refractivity (Wildman–Crippen MR) is 180 cm³/mol. The van der Waals surface area contributed by atoms with Crippen LogP contribution in [0.1, 0.15) is 67.1 Å². The molecule has 52 heavy (non-hydrogen) atoms. The number of anilines is 1. The van der Waals surface area contributed by atoms with Crippen LogP contribution in [-0.2, 0) is 30.1 Å². The summed E-state index contributed by atoms with van der Waals surface area (Å²) in [6.45, 7) is 4.73. The van der Waals surface area contributed by atoms with Crippen molar-refractivity contribution in [2.24, 2.45) is 11.3 Å². The molecule has 0 bridgehead atoms. The van der Waals surface area contributed by atoms with Crippen LogP contribution in [0.15, 0.2) is 42.5 Å². The number of nitrogens with one attached hydrogen (secondary N) is 1. The standard InChI is InChI=1S/C36H29ClF6N8O/c1-5-19-15-25-30(32(40)41)49-50(31(25)36(19,42)43)17-28(52)46-26(14-18-12-20(38)16-21(39)13-18)29-23(7-6-22(45-29)10-11-35(2,3)4)24-8-9-27(37)51-33(24)47-48-34(51)44/h1,6-9,12-13,16,19,26,32H,14-15,17H2,2-4H3,(H2,44,48)(H,46,52). The molecule has 16 heteroatoms. The maximum Gasteiger partial charge on any atom is 0.303 e. The third-order valence-corrected chi connectivity index (χ3v) is 8.58. The second-order valence-electron chi connectivity index (χ2n) is 13.2. The first-order valence-corrected chi connectivity index (χ1v) is 16.1. The fraction of sp³-hybridized carbons (Fsp3) is 0.306. The summed E-state index contributed by atoms with van der Waals surface area (Å²) in [5, 5.41) is 14.6. The van der Waals surface area contributed by atoms with Crippen molar-refractivity contribution in [3.05, 3.63) is 93.2 Å². The molecule has 4 aromatic heterocycles. The van der Waals surface area contributed by atoms with Crippen LogP contribution in [0, 0.1) is 47.2 Å². The van der Waals surface area contributed by atoms with E-state index in [4.69, 9.17) is 28.7 Å². The van der Waals surface area contributed by atoms with Crippen LogP contribution in [-0.4, -0.2) is 35.3 Å². The molecule has 0 saturated heterocycles. The SMILES string of the molecule is C#CC1Cc2c(C(F)F)nn(CC(=O)NC(Cc3cc(F)cc(F)c3)c3nc(C#CC(C)(C)C)ccc3-c3ccc(Cl)n4c(N)nnc34)c2C1(F)F. The molecule has 2 atom stereocenters. The number of alkyl halides is 4. The minimum atomic E-state index is -3.75. The lowest BCUT2D eigenvalue weighted by Crippen LogP contribution is -2.35. The van der Waals surface area contributed by atoms with E-state index in [1.165, 1.54) is 10.5 Å². The molecular formula is C36H29ClF6N8O. The number of rotatable bonds is 8. The number of nitrogens with zero attached hydrogens (tertiary/aromatic N) is 6. The van der Waals surface area contributed by atoms with Crippen LogP contribution in [0.5, 0.6) is 0 Å². The number of nitrogen functional groups attached to an aromatic ring is 1. The fourth-order valence-corrected chi connectivity index (χ4v) is 6.31. The summed E-state index contributed by atoms with van der Waals surface area (Å²) >= 11 is 6.38. The van der Waals surface area contributed by atoms with Gasteiger partial charge in [0.15, 0.2) is 5.65 Å². The minimum absolute atomic E-state index is 0.0251. The quantitative estimate of drug-likeness (QED) is 0.102. The van der Waals surface area contributed by atoms with Gasteiger partial charge in [-0.1, -0.05) is 23.4 Å². The zero-order valence-electron chi connectivity index (χ0n) is 27.8. The van der Waals surface area contributed by atoms with E-state index in [1.54, 1.807) is 18.2 Å². The number of hydrogen-bond donors (Lipinski definition) is 2. The van der Waals surface area contributed by atoms with E-state index in [-0.39, 0.29) is 40.1 Å². The van der Waals surface area contributed by atoms with Gasteiger partial charge >= 0.3 is 5.92 Å². The Balaban J connectivity index is 1.49. The van der Waals surface area contributed by atoms with Crippen molar-refractivity contribution >= 4 is 29.1 Å². The summed E-state index contributed by atoms with van der Waals surface area (Å²) < 4.78 is 89.4. The van der Waals surface area contributed by atoms with Gasteiger partial charge in [0.25, 0.3) is 6.43 Å². The maximum atomic E-state index is 15.4. The molecule has 0 aliphatic heterocycles. The number of nitrogens with two attached hydrogens (primary N) is 1. The molecule has 3 N–H and O–H groups in total. The first-order valence-electron chi connectivity index (χ1n) is 15.8. The molecule has 1 amide bonds. The molecule has 1 aliphatic carbocycles. The molecular weight excluding hydrogens is 710 g/mol. The molecule has 6 rings (SSSR count). The normalized spacial score (nSPS) is 15.6. The van der Waals surface area contributed by atoms with Gasteiger partial charge in [0.2, 0.25) is 11.9 Å². The van der Waals surface area contributed by atoms with Crippen molar-refractivity contribution in [3.63, 3.8) is 0 Å². The minimum Gasteiger partial charge on any atom is -0.368 e. The van der Waals surface area contributed by atoms with Crippen molar-refractivity contribution in [1.29, 1.82) is 0 Å². The van der Waals surface area contributed by atoms with Crippen LogP contribution < -0.4 is 11.1 Å². The second-order valence-corrected chi connectivity index (χ2v) is 13.6. The van der Waals surface area contributed by atoms with E-state index in [1.807, 2.05) is 26.7 Å². The average molecular weight is 739 g/mol. The van der Waals surface area contributed by atoms with Crippen LogP contribution in [0.4, 0.5) is 32.3 Å². The van der Waals surface area contributed by atoms with E-state index < -0.39 is 77.2 Å². The molecule has 0 radical (unpaired) electrons. The number of aromatic nitrogens is 6. The highest BCUT2D eigenvalue weighted by Crippen LogP contribution is 2.48. The molecule has 0 spiro atoms. The summed E-state index contributed by atoms with van der Waals surface area (Å²) in [6, 6.07) is 7.95. The van der Waals surface area contributed by atoms with Gasteiger partial charge in [0.1, 0.15) is 40.4 Å². The summed E-state index contributed by atoms with van der Waals surface area (Å²) in [7, 11) is 0. The Labute approximate surface area is 298 Å². The number of benzene rings is 1. The van der Waals surface area contributed by atoms with Gasteiger partial charge in [0.05, 0.1) is 17.7 Å². The van der Waals surface area contributed by atoms with Crippen LogP contribution in [0.25, 0.3) is 16.8 Å². The molecule has 1 aromatic carbocycles. The summed E-state index contributed by atoms with van der Waals surface area (Å²) in [5.41, 5.74) is 4.81. The molecule has 0 fully saturated rings. The van der Waals surface area contributed by atoms with Crippen molar-refractivity contribution in [1.82, 2.24) is 34.7 Å². The number of terminal acetylenes is 1. The lowest BCUT2D eigenvalue weighted by molar-refractivity contribution is -0.123. The van der Waals surface area contributed by atoms with Gasteiger partial charge in [0, 0.05) is 28.2 Å². The number of carbonyl (C=O) groups excluding carboxylic acids is 1. The fourth-order valence-electron chi connectivity index (χ4n) is 6.08. The molecule has 268 valence electrons. The monoisotopic (exact) mass is 738 g/mol. The van der Waals surface area contributed by atoms with Crippen LogP contribution >= 0.6 is 11.6 Å². The largest absolute Gasteiger partial charge is 0.368 e. The Morgan fingerprint density at radius 3 is 2.44 bits per heavy atom. The maximum absolute atomic E-state index is 15.4. The van der Waals surface area contributed by atoms with Gasteiger partial charge in [-0.3, -0.25) is 13.9 Å². The van der Waals surface area contributed by atoms with Crippen molar-refractivity contribution in [2.75, 3.05) is 5.73 Å². The molecule has 5 aromatic rings. The number of hydrogen-bond acceptors (Lipinski definition) is 6. The lowest BCUT2D eigenvalue weighted by Gasteiger charge is -2.23. The number of pyridine rings is 2. The van der Waals surface area contributed by atoms with Crippen molar-refractivity contribution < 1.29 is 31.1 Å². The zero-order valence-corrected chi connectivity index (χ0v) is 28.5. The molecule has 9 nitrogen and oxygen atoms in total. The number of amides is 1. The highest BCUT2D eigenvalue weighted by atomic mass is 35.5. The Morgan fingerprint density at radius 1 is 1.10 bits per heavy atom. The van der Waals surface area contributed by atoms with Gasteiger partial charge < -0.3 is 11.1 Å². The average Bonchev–Trinajstić information content (AvgIpc) is 3.70. The Bertz CT molecular complexity index is 2310. The summed E-state index contributed by atoms with van der Waals surface area (Å²) in [6.07, 6.45) is 1.25. The van der Waals surface area contributed by atoms with E-state index >= 15 is 8.78 Å². The van der Waals surface area contributed by atoms with Crippen LogP contribution in [0.3, 0.4) is 0 Å². The third-order valence-electron chi connectivity index (χ3n) is 8.28. The molecule has 2 unspecified atom stereocenters. The number of halogens is 7. The van der Waals surface area contributed by atoms with E-state index in [9.17, 15) is 22.4 Å². The number of fused-ring (bicyclic) bond motifs is 2. The first kappa shape index (κ1) is 36.3. The van der Waals surface area contributed by atoms with Gasteiger partial charge in [-0.2, -0.15) is 13.9 Å². The Morgan fingerprint density at radius 2 is 1.79 bits per heavy atom. The zero-order chi connectivity index (χ0) is 37.7. The van der Waals surface area contributed by atoms with E-state index in [2.05, 4.69) is 32.5 Å². The third kappa shape index (κ3) is 7.01. The molecule has 4 heterocycles. The molecule has 0 saturated carbocycles. The van der Waals surface area contributed by atoms with Crippen molar-refractivity contribution in [2.45, 2.75) is 58.5 Å². The topological polar surface area (TPSA) is 116 Å². The van der Waals surface area contributed by atoms with E-state index in [0.717, 1.165) is 12.1 Å². The summed E-state index contributed by atoms with van der Waals surface area (Å²) in [4.78, 5) is 18.6. The van der Waals surface area contributed by atoms with Crippen LogP contribution in [0.2, 0.25) is 5.15 Å². The number of carbonyl (C=O) groups is 1. The predicted octanol–water partition coefficient (Wildman–Crippen LogP) is 6.83. The smallest absolute Gasteiger partial charge is 0.303 e. The highest BCUT2D eigenvalue weighted by molar-refractivity contribution is 6.30. The second kappa shape index (κ2) is 13.5. The first-order chi connectivity index (χ1) is 24.5. The van der Waals surface area contributed by atoms with Gasteiger partial charge in [-0.15, -0.1) is 16.6 Å². The van der Waals surface area contributed by atoms with Crippen molar-refractivity contribution in [3.8, 4) is 35.3 Å². The van der Waals surface area contributed by atoms with Gasteiger partial charge in [-0.05, 0) is 81.5 Å². The Kier molecular flexibility index (Phi) is 9.44. The van der Waals surface area contributed by atoms with Gasteiger partial charge in [-0.25, -0.2) is 22.5 Å². The van der Waals surface area contributed by atoms with E-state index in [0.29, 0.717) is 21.9 Å². The molecule has 1 aliphatic rings. The summed E-state index contributed by atoms with van der Waals surface area (Å²) in [5.74, 6) is -0.228. The lowest BCUT2D eigenvalue weighted by atomic mass is 9.94. The Hall–Kier alpha value is -5.54.